The maximum absolute atomic E-state index is 8.54. The van der Waals surface area contributed by atoms with Gasteiger partial charge in [0.05, 0.1) is 5.56 Å². The second-order valence-corrected chi connectivity index (χ2v) is 3.13. The van der Waals surface area contributed by atoms with Crippen LogP contribution in [0.4, 0.5) is 0 Å². The second-order valence-electron chi connectivity index (χ2n) is 2.76. The van der Waals surface area contributed by atoms with Crippen molar-refractivity contribution in [1.82, 2.24) is 0 Å². The molecule has 0 aliphatic carbocycles. The Hall–Kier alpha value is -1.68. The number of halogens is 1. The van der Waals surface area contributed by atoms with Crippen LogP contribution in [0.3, 0.4) is 0 Å². The molecule has 0 bridgehead atoms. The number of benzene rings is 1. The molecule has 5 heteroatoms. The first-order valence-corrected chi connectivity index (χ1v) is 4.26. The van der Waals surface area contributed by atoms with Gasteiger partial charge in [-0.25, -0.2) is 0 Å². The Kier molecular flexibility index (Phi) is 2.05. The van der Waals surface area contributed by atoms with Gasteiger partial charge in [-0.15, -0.1) is 0 Å². The van der Waals surface area contributed by atoms with Crippen LogP contribution in [0, 0.1) is 0 Å². The van der Waals surface area contributed by atoms with Crippen LogP contribution >= 0.6 is 11.6 Å². The molecule has 3 N–H and O–H groups in total. The number of rotatable bonds is 1. The number of nitrogens with zero attached hydrogens (tertiary/aromatic N) is 1. The third kappa shape index (κ3) is 1.29. The van der Waals surface area contributed by atoms with Crippen molar-refractivity contribution in [3.8, 4) is 0 Å². The molecule has 1 aromatic heterocycles. The number of nitrogens with two attached hydrogens (primary N) is 1. The van der Waals surface area contributed by atoms with Gasteiger partial charge >= 0.3 is 0 Å². The highest BCUT2D eigenvalue weighted by Crippen LogP contribution is 2.25. The minimum atomic E-state index is 0.00150. The monoisotopic (exact) mass is 210 g/mol. The first kappa shape index (κ1) is 8.90. The summed E-state index contributed by atoms with van der Waals surface area (Å²) in [4.78, 5) is 0. The van der Waals surface area contributed by atoms with Crippen molar-refractivity contribution in [2.24, 2.45) is 10.9 Å². The molecule has 0 amide bonds. The summed E-state index contributed by atoms with van der Waals surface area (Å²) >= 11 is 5.69. The molecule has 0 aliphatic rings. The molecule has 0 aliphatic heterocycles. The van der Waals surface area contributed by atoms with E-state index in [1.54, 1.807) is 18.2 Å². The van der Waals surface area contributed by atoms with Crippen LogP contribution in [-0.4, -0.2) is 11.0 Å². The van der Waals surface area contributed by atoms with Crippen molar-refractivity contribution in [1.29, 1.82) is 0 Å². The average Bonchev–Trinajstić information content (AvgIpc) is 2.56. The highest BCUT2D eigenvalue weighted by atomic mass is 35.5. The molecule has 0 spiro atoms. The average molecular weight is 211 g/mol. The maximum atomic E-state index is 8.54. The number of hydrogen-bond acceptors (Lipinski definition) is 3. The molecule has 0 unspecified atom stereocenters. The van der Waals surface area contributed by atoms with E-state index in [-0.39, 0.29) is 11.1 Å². The van der Waals surface area contributed by atoms with Gasteiger partial charge in [-0.1, -0.05) is 17.3 Å². The lowest BCUT2D eigenvalue weighted by Crippen LogP contribution is -2.12. The number of fused-ring (bicyclic) bond motifs is 1. The second kappa shape index (κ2) is 3.23. The molecule has 1 heterocycles. The molecular formula is C9H7ClN2O2. The van der Waals surface area contributed by atoms with Crippen LogP contribution in [0.2, 0.25) is 5.22 Å². The topological polar surface area (TPSA) is 71.8 Å². The third-order valence-corrected chi connectivity index (χ3v) is 2.08. The van der Waals surface area contributed by atoms with E-state index in [4.69, 9.17) is 27.0 Å². The Morgan fingerprint density at radius 1 is 1.50 bits per heavy atom. The first-order valence-electron chi connectivity index (χ1n) is 3.88. The molecular weight excluding hydrogens is 204 g/mol. The SMILES string of the molecule is N/C(=N/O)c1cccc2cc(Cl)oc12. The van der Waals surface area contributed by atoms with Gasteiger partial charge in [0.15, 0.2) is 11.1 Å². The minimum absolute atomic E-state index is 0.00150. The van der Waals surface area contributed by atoms with Crippen molar-refractivity contribution in [2.45, 2.75) is 0 Å². The van der Waals surface area contributed by atoms with Crippen LogP contribution in [0.25, 0.3) is 11.0 Å². The minimum Gasteiger partial charge on any atom is -0.444 e. The van der Waals surface area contributed by atoms with Crippen LogP contribution in [0.5, 0.6) is 0 Å². The zero-order valence-corrected chi connectivity index (χ0v) is 7.82. The van der Waals surface area contributed by atoms with Crippen molar-refractivity contribution >= 4 is 28.4 Å². The summed E-state index contributed by atoms with van der Waals surface area (Å²) in [5, 5.41) is 12.5. The molecule has 2 aromatic rings. The first-order chi connectivity index (χ1) is 6.72. The van der Waals surface area contributed by atoms with Gasteiger partial charge in [0.2, 0.25) is 0 Å². The van der Waals surface area contributed by atoms with E-state index in [1.165, 1.54) is 0 Å². The zero-order valence-electron chi connectivity index (χ0n) is 7.07. The Morgan fingerprint density at radius 2 is 2.29 bits per heavy atom. The van der Waals surface area contributed by atoms with E-state index in [1.807, 2.05) is 6.07 Å². The van der Waals surface area contributed by atoms with Gasteiger partial charge in [0.25, 0.3) is 0 Å². The molecule has 2 rings (SSSR count). The Bertz CT molecular complexity index is 504. The van der Waals surface area contributed by atoms with Crippen molar-refractivity contribution in [3.05, 3.63) is 35.0 Å². The van der Waals surface area contributed by atoms with E-state index < -0.39 is 0 Å². The maximum Gasteiger partial charge on any atom is 0.194 e. The molecule has 0 fully saturated rings. The Balaban J connectivity index is 2.76. The fraction of sp³-hybridized carbons (Fsp3) is 0. The number of furan rings is 1. The van der Waals surface area contributed by atoms with Crippen LogP contribution in [-0.2, 0) is 0 Å². The largest absolute Gasteiger partial charge is 0.444 e. The highest BCUT2D eigenvalue weighted by molar-refractivity contribution is 6.30. The van der Waals surface area contributed by atoms with Crippen LogP contribution in [0.1, 0.15) is 5.56 Å². The molecule has 0 saturated heterocycles. The predicted molar refractivity (Wildman–Crippen MR) is 53.7 cm³/mol. The van der Waals surface area contributed by atoms with E-state index in [0.717, 1.165) is 5.39 Å². The van der Waals surface area contributed by atoms with E-state index >= 15 is 0 Å². The number of para-hydroxylation sites is 1. The Morgan fingerprint density at radius 3 is 3.00 bits per heavy atom. The lowest BCUT2D eigenvalue weighted by atomic mass is 10.1. The zero-order chi connectivity index (χ0) is 10.1. The standard InChI is InChI=1S/C9H7ClN2O2/c10-7-4-5-2-1-3-6(8(5)14-7)9(11)12-13/h1-4,13H,(H2,11,12). The smallest absolute Gasteiger partial charge is 0.194 e. The molecule has 14 heavy (non-hydrogen) atoms. The van der Waals surface area contributed by atoms with Crippen LogP contribution < -0.4 is 5.73 Å². The third-order valence-electron chi connectivity index (χ3n) is 1.90. The molecule has 1 aromatic carbocycles. The van der Waals surface area contributed by atoms with E-state index in [0.29, 0.717) is 11.1 Å². The van der Waals surface area contributed by atoms with Gasteiger partial charge in [-0.2, -0.15) is 0 Å². The number of hydrogen-bond donors (Lipinski definition) is 2. The lowest BCUT2D eigenvalue weighted by molar-refractivity contribution is 0.318. The predicted octanol–water partition coefficient (Wildman–Crippen LogP) is 2.18. The highest BCUT2D eigenvalue weighted by Gasteiger charge is 2.09. The summed E-state index contributed by atoms with van der Waals surface area (Å²) in [6, 6.07) is 6.97. The van der Waals surface area contributed by atoms with Gasteiger partial charge < -0.3 is 15.4 Å². The van der Waals surface area contributed by atoms with Crippen molar-refractivity contribution in [2.75, 3.05) is 0 Å². The summed E-state index contributed by atoms with van der Waals surface area (Å²) in [6.07, 6.45) is 0. The number of oxime groups is 1. The normalized spacial score (nSPS) is 12.2. The van der Waals surface area contributed by atoms with Crippen LogP contribution in [0.15, 0.2) is 33.8 Å². The summed E-state index contributed by atoms with van der Waals surface area (Å²) in [5.41, 5.74) is 6.51. The van der Waals surface area contributed by atoms with Crippen molar-refractivity contribution in [3.63, 3.8) is 0 Å². The number of amidine groups is 1. The summed E-state index contributed by atoms with van der Waals surface area (Å²) in [7, 11) is 0. The summed E-state index contributed by atoms with van der Waals surface area (Å²) < 4.78 is 5.22. The van der Waals surface area contributed by atoms with Crippen molar-refractivity contribution < 1.29 is 9.62 Å². The summed E-state index contributed by atoms with van der Waals surface area (Å²) in [6.45, 7) is 0. The Labute approximate surface area is 84.6 Å². The van der Waals surface area contributed by atoms with Gasteiger partial charge in [0, 0.05) is 11.5 Å². The molecule has 0 saturated carbocycles. The summed E-state index contributed by atoms with van der Waals surface area (Å²) in [5.74, 6) is 0.00150. The van der Waals surface area contributed by atoms with E-state index in [9.17, 15) is 0 Å². The van der Waals surface area contributed by atoms with Gasteiger partial charge in [-0.05, 0) is 17.7 Å². The quantitative estimate of drug-likeness (QED) is 0.328. The van der Waals surface area contributed by atoms with Gasteiger partial charge in [-0.3, -0.25) is 0 Å². The molecule has 0 atom stereocenters. The van der Waals surface area contributed by atoms with E-state index in [2.05, 4.69) is 5.16 Å². The fourth-order valence-corrected chi connectivity index (χ4v) is 1.48. The molecule has 0 radical (unpaired) electrons. The molecule has 72 valence electrons. The lowest BCUT2D eigenvalue weighted by Gasteiger charge is -1.98. The molecule has 4 nitrogen and oxygen atoms in total. The fourth-order valence-electron chi connectivity index (χ4n) is 1.29. The van der Waals surface area contributed by atoms with Gasteiger partial charge in [0.1, 0.15) is 5.58 Å².